The van der Waals surface area contributed by atoms with E-state index in [-0.39, 0.29) is 5.91 Å². The zero-order valence-electron chi connectivity index (χ0n) is 13.6. The van der Waals surface area contributed by atoms with Crippen molar-refractivity contribution in [2.24, 2.45) is 0 Å². The third-order valence-electron chi connectivity index (χ3n) is 3.94. The van der Waals surface area contributed by atoms with Crippen LogP contribution in [0.15, 0.2) is 43.5 Å². The highest BCUT2D eigenvalue weighted by molar-refractivity contribution is 6.01. The molecule has 1 heterocycles. The van der Waals surface area contributed by atoms with Crippen LogP contribution >= 0.6 is 0 Å². The van der Waals surface area contributed by atoms with Gasteiger partial charge in [-0.15, -0.1) is 13.2 Å². The van der Waals surface area contributed by atoms with E-state index >= 15 is 0 Å². The summed E-state index contributed by atoms with van der Waals surface area (Å²) in [5, 5.41) is 4.01. The Balaban J connectivity index is 2.65. The highest BCUT2D eigenvalue weighted by Gasteiger charge is 2.19. The smallest absolute Gasteiger partial charge is 0.268 e. The maximum atomic E-state index is 12.5. The van der Waals surface area contributed by atoms with E-state index in [1.807, 2.05) is 17.6 Å². The second-order valence-electron chi connectivity index (χ2n) is 5.80. The van der Waals surface area contributed by atoms with Gasteiger partial charge in [0.1, 0.15) is 5.69 Å². The molecule has 3 nitrogen and oxygen atoms in total. The molecule has 0 aliphatic carbocycles. The molecule has 1 amide bonds. The Labute approximate surface area is 132 Å². The van der Waals surface area contributed by atoms with Gasteiger partial charge in [-0.2, -0.15) is 0 Å². The molecule has 116 valence electrons. The number of fused-ring (bicyclic) bond motifs is 1. The van der Waals surface area contributed by atoms with Crippen molar-refractivity contribution in [2.75, 3.05) is 6.54 Å². The summed E-state index contributed by atoms with van der Waals surface area (Å²) in [7, 11) is 0. The number of hydrogen-bond donors (Lipinski definition) is 1. The van der Waals surface area contributed by atoms with Gasteiger partial charge >= 0.3 is 0 Å². The molecular formula is C19H24N2O. The lowest BCUT2D eigenvalue weighted by Crippen LogP contribution is -2.26. The Morgan fingerprint density at radius 3 is 2.64 bits per heavy atom. The van der Waals surface area contributed by atoms with Crippen molar-refractivity contribution in [3.8, 4) is 0 Å². The van der Waals surface area contributed by atoms with E-state index < -0.39 is 0 Å². The third kappa shape index (κ3) is 2.84. The second kappa shape index (κ2) is 6.65. The van der Waals surface area contributed by atoms with Crippen molar-refractivity contribution >= 4 is 16.8 Å². The van der Waals surface area contributed by atoms with Crippen LogP contribution < -0.4 is 5.32 Å². The molecule has 0 bridgehead atoms. The van der Waals surface area contributed by atoms with Gasteiger partial charge in [-0.25, -0.2) is 0 Å². The molecule has 1 N–H and O–H groups in total. The minimum atomic E-state index is -0.0680. The van der Waals surface area contributed by atoms with Crippen molar-refractivity contribution in [2.45, 2.75) is 33.2 Å². The lowest BCUT2D eigenvalue weighted by atomic mass is 10.0. The molecule has 22 heavy (non-hydrogen) atoms. The first-order valence-electron chi connectivity index (χ1n) is 7.64. The fourth-order valence-electron chi connectivity index (χ4n) is 2.76. The summed E-state index contributed by atoms with van der Waals surface area (Å²) in [6.07, 6.45) is 3.50. The van der Waals surface area contributed by atoms with Gasteiger partial charge in [0.05, 0.1) is 0 Å². The minimum Gasteiger partial charge on any atom is -0.347 e. The molecule has 0 fully saturated rings. The van der Waals surface area contributed by atoms with E-state index in [0.717, 1.165) is 16.5 Å². The molecule has 2 rings (SSSR count). The molecule has 3 heteroatoms. The lowest BCUT2D eigenvalue weighted by molar-refractivity contribution is 0.0949. The van der Waals surface area contributed by atoms with Crippen LogP contribution in [-0.4, -0.2) is 17.0 Å². The van der Waals surface area contributed by atoms with E-state index in [2.05, 4.69) is 50.5 Å². The molecule has 0 saturated carbocycles. The van der Waals surface area contributed by atoms with E-state index in [4.69, 9.17) is 0 Å². The molecule has 2 aromatic rings. The zero-order valence-corrected chi connectivity index (χ0v) is 13.6. The van der Waals surface area contributed by atoms with Gasteiger partial charge < -0.3 is 9.88 Å². The Kier molecular flexibility index (Phi) is 4.86. The standard InChI is InChI=1S/C19H24N2O/c1-6-10-20-19(22)18-14(5)16-12-15(13(3)4)8-9-17(16)21(18)11-7-2/h6-9,12-13H,1-2,10-11H2,3-5H3,(H,20,22). The number of carbonyl (C=O) groups excluding carboxylic acids is 1. The molecular weight excluding hydrogens is 272 g/mol. The summed E-state index contributed by atoms with van der Waals surface area (Å²) in [5.41, 5.74) is 4.08. The number of amides is 1. The van der Waals surface area contributed by atoms with Crippen LogP contribution in [0.5, 0.6) is 0 Å². The van der Waals surface area contributed by atoms with Gasteiger partial charge in [0.2, 0.25) is 0 Å². The number of nitrogens with one attached hydrogen (secondary N) is 1. The first-order chi connectivity index (χ1) is 10.5. The maximum absolute atomic E-state index is 12.5. The van der Waals surface area contributed by atoms with E-state index in [1.165, 1.54) is 5.56 Å². The van der Waals surface area contributed by atoms with E-state index in [1.54, 1.807) is 6.08 Å². The highest BCUT2D eigenvalue weighted by Crippen LogP contribution is 2.29. The summed E-state index contributed by atoms with van der Waals surface area (Å²) in [6, 6.07) is 6.43. The van der Waals surface area contributed by atoms with Crippen LogP contribution in [0.1, 0.15) is 41.4 Å². The number of rotatable bonds is 6. The largest absolute Gasteiger partial charge is 0.347 e. The van der Waals surface area contributed by atoms with E-state index in [9.17, 15) is 4.79 Å². The summed E-state index contributed by atoms with van der Waals surface area (Å²) < 4.78 is 2.03. The van der Waals surface area contributed by atoms with Crippen molar-refractivity contribution in [3.63, 3.8) is 0 Å². The van der Waals surface area contributed by atoms with Crippen LogP contribution in [-0.2, 0) is 6.54 Å². The van der Waals surface area contributed by atoms with E-state index in [0.29, 0.717) is 24.7 Å². The first-order valence-corrected chi connectivity index (χ1v) is 7.64. The van der Waals surface area contributed by atoms with Gasteiger partial charge in [0.15, 0.2) is 0 Å². The number of allylic oxidation sites excluding steroid dienone is 1. The summed E-state index contributed by atoms with van der Waals surface area (Å²) in [4.78, 5) is 12.5. The number of aryl methyl sites for hydroxylation is 1. The predicted octanol–water partition coefficient (Wildman–Crippen LogP) is 4.17. The van der Waals surface area contributed by atoms with Crippen molar-refractivity contribution in [1.82, 2.24) is 9.88 Å². The summed E-state index contributed by atoms with van der Waals surface area (Å²) in [6.45, 7) is 14.9. The molecule has 0 aliphatic rings. The average molecular weight is 296 g/mol. The molecule has 1 aromatic carbocycles. The van der Waals surface area contributed by atoms with Gasteiger partial charge in [0.25, 0.3) is 5.91 Å². The number of nitrogens with zero attached hydrogens (tertiary/aromatic N) is 1. The van der Waals surface area contributed by atoms with Gasteiger partial charge in [-0.05, 0) is 36.1 Å². The van der Waals surface area contributed by atoms with Crippen molar-refractivity contribution in [1.29, 1.82) is 0 Å². The van der Waals surface area contributed by atoms with Crippen molar-refractivity contribution < 1.29 is 4.79 Å². The average Bonchev–Trinajstić information content (AvgIpc) is 2.77. The van der Waals surface area contributed by atoms with Crippen LogP contribution in [0.25, 0.3) is 10.9 Å². The summed E-state index contributed by atoms with van der Waals surface area (Å²) >= 11 is 0. The fraction of sp³-hybridized carbons (Fsp3) is 0.316. The second-order valence-corrected chi connectivity index (χ2v) is 5.80. The maximum Gasteiger partial charge on any atom is 0.268 e. The Bertz CT molecular complexity index is 723. The predicted molar refractivity (Wildman–Crippen MR) is 93.5 cm³/mol. The molecule has 0 unspecified atom stereocenters. The van der Waals surface area contributed by atoms with Gasteiger partial charge in [-0.1, -0.05) is 32.1 Å². The summed E-state index contributed by atoms with van der Waals surface area (Å²) in [5.74, 6) is 0.395. The minimum absolute atomic E-state index is 0.0680. The number of aromatic nitrogens is 1. The SMILES string of the molecule is C=CCNC(=O)c1c(C)c2cc(C(C)C)ccc2n1CC=C. The fourth-order valence-corrected chi connectivity index (χ4v) is 2.76. The molecule has 1 aromatic heterocycles. The topological polar surface area (TPSA) is 34.0 Å². The Morgan fingerprint density at radius 1 is 1.32 bits per heavy atom. The zero-order chi connectivity index (χ0) is 16.3. The quantitative estimate of drug-likeness (QED) is 0.797. The van der Waals surface area contributed by atoms with Gasteiger partial charge in [-0.3, -0.25) is 4.79 Å². The van der Waals surface area contributed by atoms with Crippen LogP contribution in [0.3, 0.4) is 0 Å². The van der Waals surface area contributed by atoms with Crippen LogP contribution in [0, 0.1) is 6.92 Å². The highest BCUT2D eigenvalue weighted by atomic mass is 16.1. The number of hydrogen-bond acceptors (Lipinski definition) is 1. The first kappa shape index (κ1) is 16.1. The lowest BCUT2D eigenvalue weighted by Gasteiger charge is -2.09. The van der Waals surface area contributed by atoms with Crippen LogP contribution in [0.4, 0.5) is 0 Å². The molecule has 0 saturated heterocycles. The monoisotopic (exact) mass is 296 g/mol. The van der Waals surface area contributed by atoms with Crippen molar-refractivity contribution in [3.05, 3.63) is 60.3 Å². The number of benzene rings is 1. The molecule has 0 spiro atoms. The Morgan fingerprint density at radius 2 is 2.05 bits per heavy atom. The van der Waals surface area contributed by atoms with Gasteiger partial charge in [0, 0.05) is 24.0 Å². The normalized spacial score (nSPS) is 10.9. The number of carbonyl (C=O) groups is 1. The molecule has 0 aliphatic heterocycles. The molecule has 0 radical (unpaired) electrons. The van der Waals surface area contributed by atoms with Crippen LogP contribution in [0.2, 0.25) is 0 Å². The molecule has 0 atom stereocenters. The third-order valence-corrected chi connectivity index (χ3v) is 3.94. The Hall–Kier alpha value is -2.29.